The van der Waals surface area contributed by atoms with Gasteiger partial charge in [0.05, 0.1) is 11.9 Å². The zero-order valence-electron chi connectivity index (χ0n) is 23.9. The second-order valence-electron chi connectivity index (χ2n) is 10.6. The lowest BCUT2D eigenvalue weighted by Gasteiger charge is -2.33. The highest BCUT2D eigenvalue weighted by Crippen LogP contribution is 2.29. The van der Waals surface area contributed by atoms with Gasteiger partial charge in [-0.2, -0.15) is 0 Å². The minimum atomic E-state index is -3.58. The Hall–Kier alpha value is -2.29. The number of anilines is 1. The third kappa shape index (κ3) is 8.37. The van der Waals surface area contributed by atoms with Crippen LogP contribution in [0.1, 0.15) is 75.0 Å². The van der Waals surface area contributed by atoms with Crippen molar-refractivity contribution in [2.75, 3.05) is 17.1 Å². The second-order valence-corrected chi connectivity index (χ2v) is 13.4. The Kier molecular flexibility index (Phi) is 11.7. The number of hydrogen-bond acceptors (Lipinski definition) is 4. The fraction of sp³-hybridized carbons (Fsp3) is 0.533. The predicted octanol–water partition coefficient (Wildman–Crippen LogP) is 6.41. The molecule has 0 spiro atoms. The highest BCUT2D eigenvalue weighted by molar-refractivity contribution is 7.92. The third-order valence-corrected chi connectivity index (χ3v) is 9.61. The molecule has 3 rings (SSSR count). The quantitative estimate of drug-likeness (QED) is 0.301. The molecule has 1 aliphatic rings. The van der Waals surface area contributed by atoms with E-state index in [2.05, 4.69) is 5.32 Å². The molecule has 0 heterocycles. The standard InChI is InChI=1S/C30H41Cl2N3O4S/c1-5-27(30(37)33-23-13-7-6-8-14-23)34(20-24-25(31)15-10-16-26(24)32)29(36)18-11-19-35(40(4,38)39)28-17-9-12-21(2)22(28)3/h9-10,12,15-17,23,27H,5-8,11,13-14,18-20H2,1-4H3,(H,33,37). The van der Waals surface area contributed by atoms with Crippen molar-refractivity contribution in [2.45, 2.75) is 90.8 Å². The van der Waals surface area contributed by atoms with E-state index in [1.807, 2.05) is 32.9 Å². The van der Waals surface area contributed by atoms with Gasteiger partial charge in [0.15, 0.2) is 0 Å². The van der Waals surface area contributed by atoms with Crippen molar-refractivity contribution in [3.8, 4) is 0 Å². The first-order chi connectivity index (χ1) is 18.9. The molecule has 2 aromatic carbocycles. The Morgan fingerprint density at radius 2 is 1.65 bits per heavy atom. The molecular weight excluding hydrogens is 569 g/mol. The lowest BCUT2D eigenvalue weighted by Crippen LogP contribution is -2.51. The summed E-state index contributed by atoms with van der Waals surface area (Å²) in [6.45, 7) is 5.93. The van der Waals surface area contributed by atoms with Crippen LogP contribution in [-0.4, -0.2) is 50.0 Å². The summed E-state index contributed by atoms with van der Waals surface area (Å²) in [5.74, 6) is -0.435. The molecule has 1 fully saturated rings. The molecule has 0 aliphatic heterocycles. The maximum absolute atomic E-state index is 13.7. The Bertz CT molecular complexity index is 1280. The molecule has 0 aromatic heterocycles. The summed E-state index contributed by atoms with van der Waals surface area (Å²) in [6, 6.07) is 10.1. The Labute approximate surface area is 249 Å². The molecule has 1 aliphatic carbocycles. The molecule has 1 unspecified atom stereocenters. The smallest absolute Gasteiger partial charge is 0.243 e. The van der Waals surface area contributed by atoms with Gasteiger partial charge >= 0.3 is 0 Å². The zero-order chi connectivity index (χ0) is 29.4. The number of rotatable bonds is 12. The number of nitrogens with one attached hydrogen (secondary N) is 1. The second kappa shape index (κ2) is 14.6. The van der Waals surface area contributed by atoms with Crippen LogP contribution >= 0.6 is 23.2 Å². The van der Waals surface area contributed by atoms with Crippen molar-refractivity contribution in [2.24, 2.45) is 0 Å². The fourth-order valence-corrected chi connectivity index (χ4v) is 6.84. The number of carbonyl (C=O) groups is 2. The van der Waals surface area contributed by atoms with Gasteiger partial charge in [0.1, 0.15) is 6.04 Å². The first-order valence-electron chi connectivity index (χ1n) is 14.0. The van der Waals surface area contributed by atoms with Crippen molar-refractivity contribution in [1.29, 1.82) is 0 Å². The van der Waals surface area contributed by atoms with Gasteiger partial charge in [-0.15, -0.1) is 0 Å². The van der Waals surface area contributed by atoms with E-state index < -0.39 is 16.1 Å². The molecule has 40 heavy (non-hydrogen) atoms. The number of halogens is 2. The third-order valence-electron chi connectivity index (χ3n) is 7.72. The van der Waals surface area contributed by atoms with Crippen LogP contribution in [0, 0.1) is 13.8 Å². The molecule has 1 N–H and O–H groups in total. The normalized spacial score (nSPS) is 14.9. The van der Waals surface area contributed by atoms with Gasteiger partial charge in [0.2, 0.25) is 21.8 Å². The van der Waals surface area contributed by atoms with E-state index in [0.717, 1.165) is 36.8 Å². The molecule has 1 saturated carbocycles. The predicted molar refractivity (Wildman–Crippen MR) is 163 cm³/mol. The number of aryl methyl sites for hydroxylation is 1. The van der Waals surface area contributed by atoms with E-state index >= 15 is 0 Å². The molecule has 1 atom stereocenters. The average molecular weight is 611 g/mol. The van der Waals surface area contributed by atoms with Crippen LogP contribution in [0.4, 0.5) is 5.69 Å². The van der Waals surface area contributed by atoms with Gasteiger partial charge in [-0.05, 0) is 68.9 Å². The van der Waals surface area contributed by atoms with Gasteiger partial charge < -0.3 is 10.2 Å². The van der Waals surface area contributed by atoms with Gasteiger partial charge in [-0.1, -0.05) is 67.6 Å². The van der Waals surface area contributed by atoms with Gasteiger partial charge in [-0.25, -0.2) is 8.42 Å². The van der Waals surface area contributed by atoms with E-state index in [1.54, 1.807) is 29.2 Å². The lowest BCUT2D eigenvalue weighted by atomic mass is 9.95. The minimum absolute atomic E-state index is 0.0617. The summed E-state index contributed by atoms with van der Waals surface area (Å²) in [5.41, 5.74) is 3.05. The number of carbonyl (C=O) groups excluding carboxylic acids is 2. The largest absolute Gasteiger partial charge is 0.352 e. The molecule has 7 nitrogen and oxygen atoms in total. The Balaban J connectivity index is 1.82. The summed E-state index contributed by atoms with van der Waals surface area (Å²) < 4.78 is 26.8. The topological polar surface area (TPSA) is 86.8 Å². The van der Waals surface area contributed by atoms with E-state index in [9.17, 15) is 18.0 Å². The van der Waals surface area contributed by atoms with Gasteiger partial charge in [-0.3, -0.25) is 13.9 Å². The van der Waals surface area contributed by atoms with E-state index in [0.29, 0.717) is 27.7 Å². The molecule has 0 bridgehead atoms. The first kappa shape index (κ1) is 32.2. The van der Waals surface area contributed by atoms with E-state index in [4.69, 9.17) is 23.2 Å². The summed E-state index contributed by atoms with van der Waals surface area (Å²) in [6.07, 6.45) is 7.14. The molecule has 220 valence electrons. The van der Waals surface area contributed by atoms with Crippen molar-refractivity contribution in [1.82, 2.24) is 10.2 Å². The highest BCUT2D eigenvalue weighted by Gasteiger charge is 2.31. The molecule has 2 amide bonds. The van der Waals surface area contributed by atoms with E-state index in [1.165, 1.54) is 17.0 Å². The van der Waals surface area contributed by atoms with Gasteiger partial charge in [0.25, 0.3) is 0 Å². The number of nitrogens with zero attached hydrogens (tertiary/aromatic N) is 2. The van der Waals surface area contributed by atoms with Crippen molar-refractivity contribution in [3.05, 3.63) is 63.1 Å². The fourth-order valence-electron chi connectivity index (χ4n) is 5.31. The van der Waals surface area contributed by atoms with Crippen LogP contribution < -0.4 is 9.62 Å². The van der Waals surface area contributed by atoms with Crippen LogP contribution in [-0.2, 0) is 26.2 Å². The van der Waals surface area contributed by atoms with E-state index in [-0.39, 0.29) is 43.8 Å². The van der Waals surface area contributed by atoms with Crippen molar-refractivity contribution >= 4 is 50.7 Å². The minimum Gasteiger partial charge on any atom is -0.352 e. The summed E-state index contributed by atoms with van der Waals surface area (Å²) in [7, 11) is -3.58. The first-order valence-corrected chi connectivity index (χ1v) is 16.6. The average Bonchev–Trinajstić information content (AvgIpc) is 2.90. The highest BCUT2D eigenvalue weighted by atomic mass is 35.5. The summed E-state index contributed by atoms with van der Waals surface area (Å²) in [4.78, 5) is 28.8. The zero-order valence-corrected chi connectivity index (χ0v) is 26.2. The molecule has 0 saturated heterocycles. The van der Waals surface area contributed by atoms with Crippen LogP contribution in [0.5, 0.6) is 0 Å². The Morgan fingerprint density at radius 1 is 1.02 bits per heavy atom. The van der Waals surface area contributed by atoms with Crippen LogP contribution in [0.2, 0.25) is 10.0 Å². The molecular formula is C30H41Cl2N3O4S. The van der Waals surface area contributed by atoms with Crippen LogP contribution in [0.3, 0.4) is 0 Å². The number of hydrogen-bond donors (Lipinski definition) is 1. The van der Waals surface area contributed by atoms with Gasteiger partial charge in [0, 0.05) is 41.2 Å². The maximum atomic E-state index is 13.7. The summed E-state index contributed by atoms with van der Waals surface area (Å²) in [5, 5.41) is 4.01. The number of benzene rings is 2. The summed E-state index contributed by atoms with van der Waals surface area (Å²) >= 11 is 12.9. The number of sulfonamides is 1. The SMILES string of the molecule is CCC(C(=O)NC1CCCCC1)N(Cc1c(Cl)cccc1Cl)C(=O)CCCN(c1cccc(C)c1C)S(C)(=O)=O. The Morgan fingerprint density at radius 3 is 2.25 bits per heavy atom. The monoisotopic (exact) mass is 609 g/mol. The molecule has 10 heteroatoms. The van der Waals surface area contributed by atoms with Crippen molar-refractivity contribution in [3.63, 3.8) is 0 Å². The maximum Gasteiger partial charge on any atom is 0.243 e. The molecule has 2 aromatic rings. The number of amides is 2. The van der Waals surface area contributed by atoms with Crippen molar-refractivity contribution < 1.29 is 18.0 Å². The van der Waals surface area contributed by atoms with Crippen LogP contribution in [0.25, 0.3) is 0 Å². The lowest BCUT2D eigenvalue weighted by molar-refractivity contribution is -0.141. The molecule has 0 radical (unpaired) electrons. The van der Waals surface area contributed by atoms with Crippen LogP contribution in [0.15, 0.2) is 36.4 Å².